The molecule has 1 amide bonds. The van der Waals surface area contributed by atoms with E-state index in [0.29, 0.717) is 13.1 Å². The van der Waals surface area contributed by atoms with Crippen molar-refractivity contribution in [1.82, 2.24) is 9.62 Å². The molecule has 0 spiro atoms. The number of piperazine rings is 1. The Morgan fingerprint density at radius 2 is 2.12 bits per heavy atom. The fraction of sp³-hybridized carbons (Fsp3) is 0.889. The largest absolute Gasteiger partial charge is 0.353 e. The molecule has 1 aliphatic heterocycles. The molecule has 1 heterocycles. The second-order valence-electron chi connectivity index (χ2n) is 4.48. The molecular weight excluding hydrogens is 230 g/mol. The van der Waals surface area contributed by atoms with Crippen molar-refractivity contribution < 1.29 is 13.2 Å². The minimum Gasteiger partial charge on any atom is -0.353 e. The Kier molecular flexibility index (Phi) is 3.61. The first-order valence-electron chi connectivity index (χ1n) is 5.24. The third-order valence-corrected chi connectivity index (χ3v) is 5.39. The minimum atomic E-state index is -3.51. The van der Waals surface area contributed by atoms with E-state index < -0.39 is 20.8 Å². The molecule has 1 unspecified atom stereocenters. The van der Waals surface area contributed by atoms with Crippen LogP contribution in [0.2, 0.25) is 0 Å². The lowest BCUT2D eigenvalue weighted by Crippen LogP contribution is -2.64. The molecule has 1 aliphatic rings. The van der Waals surface area contributed by atoms with Gasteiger partial charge in [-0.15, -0.1) is 0 Å². The highest BCUT2D eigenvalue weighted by Gasteiger charge is 2.45. The van der Waals surface area contributed by atoms with Crippen LogP contribution in [0.4, 0.5) is 0 Å². The second kappa shape index (κ2) is 4.31. The Bertz CT molecular complexity index is 377. The maximum atomic E-state index is 12.1. The number of nitrogens with zero attached hydrogens (tertiary/aromatic N) is 1. The molecule has 1 atom stereocenters. The van der Waals surface area contributed by atoms with Gasteiger partial charge in [-0.3, -0.25) is 4.79 Å². The number of carbonyl (C=O) groups excluding carboxylic acids is 1. The standard InChI is InChI=1S/C9H19N3O3S/c1-7(6-10)16(14,15)12-5-4-11-8(13)9(12,2)3/h7H,4-6,10H2,1-3H3,(H,11,13). The smallest absolute Gasteiger partial charge is 0.241 e. The Morgan fingerprint density at radius 1 is 1.56 bits per heavy atom. The molecule has 0 aromatic rings. The van der Waals surface area contributed by atoms with E-state index in [9.17, 15) is 13.2 Å². The number of hydrogen-bond donors (Lipinski definition) is 2. The van der Waals surface area contributed by atoms with Gasteiger partial charge in [0.1, 0.15) is 5.54 Å². The van der Waals surface area contributed by atoms with Crippen molar-refractivity contribution in [2.24, 2.45) is 5.73 Å². The van der Waals surface area contributed by atoms with Gasteiger partial charge in [-0.2, -0.15) is 4.31 Å². The average Bonchev–Trinajstić information content (AvgIpc) is 2.20. The van der Waals surface area contributed by atoms with Gasteiger partial charge in [-0.25, -0.2) is 8.42 Å². The van der Waals surface area contributed by atoms with Gasteiger partial charge in [0.15, 0.2) is 0 Å². The molecule has 0 radical (unpaired) electrons. The van der Waals surface area contributed by atoms with Crippen molar-refractivity contribution >= 4 is 15.9 Å². The van der Waals surface area contributed by atoms with Gasteiger partial charge >= 0.3 is 0 Å². The van der Waals surface area contributed by atoms with E-state index in [1.54, 1.807) is 20.8 Å². The summed E-state index contributed by atoms with van der Waals surface area (Å²) in [6, 6.07) is 0. The summed E-state index contributed by atoms with van der Waals surface area (Å²) >= 11 is 0. The molecule has 1 saturated heterocycles. The van der Waals surface area contributed by atoms with Crippen molar-refractivity contribution in [2.75, 3.05) is 19.6 Å². The molecule has 6 nitrogen and oxygen atoms in total. The van der Waals surface area contributed by atoms with Crippen LogP contribution in [0.5, 0.6) is 0 Å². The monoisotopic (exact) mass is 249 g/mol. The van der Waals surface area contributed by atoms with Crippen LogP contribution in [-0.4, -0.2) is 49.1 Å². The van der Waals surface area contributed by atoms with E-state index in [0.717, 1.165) is 0 Å². The summed E-state index contributed by atoms with van der Waals surface area (Å²) in [6.45, 7) is 5.45. The normalized spacial score (nSPS) is 23.9. The molecule has 7 heteroatoms. The van der Waals surface area contributed by atoms with Crippen LogP contribution in [0.15, 0.2) is 0 Å². The predicted octanol–water partition coefficient (Wildman–Crippen LogP) is -1.13. The maximum absolute atomic E-state index is 12.1. The van der Waals surface area contributed by atoms with Crippen molar-refractivity contribution in [3.63, 3.8) is 0 Å². The van der Waals surface area contributed by atoms with Gasteiger partial charge in [-0.1, -0.05) is 0 Å². The molecule has 94 valence electrons. The minimum absolute atomic E-state index is 0.0521. The summed E-state index contributed by atoms with van der Waals surface area (Å²) < 4.78 is 25.5. The first kappa shape index (κ1) is 13.4. The number of sulfonamides is 1. The lowest BCUT2D eigenvalue weighted by Gasteiger charge is -2.41. The third-order valence-electron chi connectivity index (χ3n) is 2.93. The van der Waals surface area contributed by atoms with Crippen LogP contribution in [0.25, 0.3) is 0 Å². The molecule has 0 aromatic carbocycles. The first-order valence-corrected chi connectivity index (χ1v) is 6.75. The van der Waals surface area contributed by atoms with Gasteiger partial charge in [-0.05, 0) is 20.8 Å². The fourth-order valence-corrected chi connectivity index (χ4v) is 3.41. The number of nitrogens with two attached hydrogens (primary N) is 1. The number of hydrogen-bond acceptors (Lipinski definition) is 4. The van der Waals surface area contributed by atoms with E-state index in [1.165, 1.54) is 4.31 Å². The van der Waals surface area contributed by atoms with Crippen LogP contribution >= 0.6 is 0 Å². The van der Waals surface area contributed by atoms with Crippen LogP contribution in [-0.2, 0) is 14.8 Å². The van der Waals surface area contributed by atoms with Crippen molar-refractivity contribution in [1.29, 1.82) is 0 Å². The molecule has 1 rings (SSSR count). The summed E-state index contributed by atoms with van der Waals surface area (Å²) in [4.78, 5) is 11.6. The number of rotatable bonds is 3. The number of amides is 1. The summed E-state index contributed by atoms with van der Waals surface area (Å²) in [5.74, 6) is -0.272. The molecule has 1 fully saturated rings. The van der Waals surface area contributed by atoms with Crippen LogP contribution in [0, 0.1) is 0 Å². The lowest BCUT2D eigenvalue weighted by molar-refractivity contribution is -0.131. The Hall–Kier alpha value is -0.660. The van der Waals surface area contributed by atoms with Gasteiger partial charge < -0.3 is 11.1 Å². The van der Waals surface area contributed by atoms with Crippen LogP contribution < -0.4 is 11.1 Å². The van der Waals surface area contributed by atoms with E-state index in [2.05, 4.69) is 5.32 Å². The number of nitrogens with one attached hydrogen (secondary N) is 1. The van der Waals surface area contributed by atoms with E-state index >= 15 is 0 Å². The van der Waals surface area contributed by atoms with E-state index in [-0.39, 0.29) is 12.5 Å². The topological polar surface area (TPSA) is 92.5 Å². The van der Waals surface area contributed by atoms with E-state index in [4.69, 9.17) is 5.73 Å². The zero-order chi connectivity index (χ0) is 12.6. The Morgan fingerprint density at radius 3 is 2.62 bits per heavy atom. The average molecular weight is 249 g/mol. The molecule has 0 aromatic heterocycles. The van der Waals surface area contributed by atoms with Gasteiger partial charge in [0.05, 0.1) is 5.25 Å². The SMILES string of the molecule is CC(CN)S(=O)(=O)N1CCNC(=O)C1(C)C. The molecule has 0 aliphatic carbocycles. The van der Waals surface area contributed by atoms with E-state index in [1.807, 2.05) is 0 Å². The third kappa shape index (κ3) is 2.07. The fourth-order valence-electron chi connectivity index (χ4n) is 1.66. The quantitative estimate of drug-likeness (QED) is 0.662. The molecule has 0 saturated carbocycles. The van der Waals surface area contributed by atoms with Crippen LogP contribution in [0.1, 0.15) is 20.8 Å². The van der Waals surface area contributed by atoms with Crippen LogP contribution in [0.3, 0.4) is 0 Å². The second-order valence-corrected chi connectivity index (χ2v) is 6.75. The molecular formula is C9H19N3O3S. The summed E-state index contributed by atoms with van der Waals surface area (Å²) in [5, 5.41) is 1.99. The Labute approximate surface area is 96.2 Å². The summed E-state index contributed by atoms with van der Waals surface area (Å²) in [7, 11) is -3.51. The molecule has 0 bridgehead atoms. The van der Waals surface area contributed by atoms with Gasteiger partial charge in [0.25, 0.3) is 0 Å². The highest BCUT2D eigenvalue weighted by atomic mass is 32.2. The van der Waals surface area contributed by atoms with Crippen molar-refractivity contribution in [3.05, 3.63) is 0 Å². The zero-order valence-electron chi connectivity index (χ0n) is 9.86. The number of carbonyl (C=O) groups is 1. The first-order chi connectivity index (χ1) is 7.24. The van der Waals surface area contributed by atoms with Crippen molar-refractivity contribution in [2.45, 2.75) is 31.6 Å². The lowest BCUT2D eigenvalue weighted by atomic mass is 10.0. The molecule has 16 heavy (non-hydrogen) atoms. The Balaban J connectivity index is 3.08. The maximum Gasteiger partial charge on any atom is 0.241 e. The summed E-state index contributed by atoms with van der Waals surface area (Å²) in [6.07, 6.45) is 0. The molecule has 3 N–H and O–H groups in total. The van der Waals surface area contributed by atoms with Crippen molar-refractivity contribution in [3.8, 4) is 0 Å². The predicted molar refractivity (Wildman–Crippen MR) is 61.2 cm³/mol. The summed E-state index contributed by atoms with van der Waals surface area (Å²) in [5.41, 5.74) is 4.34. The van der Waals surface area contributed by atoms with Gasteiger partial charge in [0.2, 0.25) is 15.9 Å². The highest BCUT2D eigenvalue weighted by Crippen LogP contribution is 2.23. The highest BCUT2D eigenvalue weighted by molar-refractivity contribution is 7.89. The van der Waals surface area contributed by atoms with Gasteiger partial charge in [0, 0.05) is 19.6 Å². The zero-order valence-corrected chi connectivity index (χ0v) is 10.7.